The third-order valence-corrected chi connectivity index (χ3v) is 5.39. The fraction of sp³-hybridized carbons (Fsp3) is 0.158. The van der Waals surface area contributed by atoms with E-state index in [1.807, 2.05) is 12.2 Å². The summed E-state index contributed by atoms with van der Waals surface area (Å²) in [4.78, 5) is 16.2. The molecule has 6 nitrogen and oxygen atoms in total. The van der Waals surface area contributed by atoms with Crippen molar-refractivity contribution in [3.63, 3.8) is 0 Å². The van der Waals surface area contributed by atoms with Crippen LogP contribution in [-0.4, -0.2) is 28.2 Å². The summed E-state index contributed by atoms with van der Waals surface area (Å²) in [5.41, 5.74) is 0.270. The molecule has 1 heterocycles. The molecule has 0 fully saturated rings. The molecule has 140 valence electrons. The Balaban J connectivity index is 0.00000280. The summed E-state index contributed by atoms with van der Waals surface area (Å²) in [6, 6.07) is 4.31. The maximum Gasteiger partial charge on any atom is 1.00 e. The molecule has 1 unspecified atom stereocenters. The van der Waals surface area contributed by atoms with Crippen molar-refractivity contribution in [2.45, 2.75) is 12.8 Å². The van der Waals surface area contributed by atoms with E-state index in [2.05, 4.69) is 15.0 Å². The number of anilines is 1. The molecular formula is C19H18FKN4O2S. The van der Waals surface area contributed by atoms with Crippen molar-refractivity contribution in [1.82, 2.24) is 4.98 Å². The van der Waals surface area contributed by atoms with Gasteiger partial charge in [0, 0.05) is 22.2 Å². The van der Waals surface area contributed by atoms with Gasteiger partial charge in [-0.05, 0) is 31.1 Å². The van der Waals surface area contributed by atoms with E-state index in [0.717, 1.165) is 12.6 Å². The summed E-state index contributed by atoms with van der Waals surface area (Å²) in [6.45, 7) is 0. The van der Waals surface area contributed by atoms with Crippen LogP contribution in [0.2, 0.25) is 0 Å². The first-order valence-electron chi connectivity index (χ1n) is 8.25. The number of aromatic nitrogens is 1. The summed E-state index contributed by atoms with van der Waals surface area (Å²) in [6.07, 6.45) is 9.35. The van der Waals surface area contributed by atoms with Crippen molar-refractivity contribution in [3.8, 4) is 0 Å². The smallest absolute Gasteiger partial charge is 0.469 e. The van der Waals surface area contributed by atoms with E-state index in [-0.39, 0.29) is 68.2 Å². The van der Waals surface area contributed by atoms with Crippen LogP contribution in [0, 0.1) is 11.2 Å². The molecule has 1 atom stereocenters. The number of allylic oxidation sites excluding steroid dienone is 4. The van der Waals surface area contributed by atoms with E-state index in [4.69, 9.17) is 5.41 Å². The Morgan fingerprint density at radius 1 is 1.39 bits per heavy atom. The van der Waals surface area contributed by atoms with E-state index in [9.17, 15) is 13.4 Å². The number of nitrogens with zero attached hydrogens (tertiary/aromatic N) is 1. The predicted octanol–water partition coefficient (Wildman–Crippen LogP) is 1.33. The Morgan fingerprint density at radius 2 is 2.18 bits per heavy atom. The maximum atomic E-state index is 14.9. The molecule has 0 saturated heterocycles. The fourth-order valence-corrected chi connectivity index (χ4v) is 3.77. The number of H-pyrrole nitrogens is 1. The summed E-state index contributed by atoms with van der Waals surface area (Å²) < 4.78 is 30.0. The van der Waals surface area contributed by atoms with Crippen molar-refractivity contribution >= 4 is 34.5 Å². The van der Waals surface area contributed by atoms with Crippen molar-refractivity contribution in [1.29, 1.82) is 5.41 Å². The fourth-order valence-electron chi connectivity index (χ4n) is 2.77. The number of hydrogen-bond acceptors (Lipinski definition) is 3. The molecule has 1 aromatic heterocycles. The molecule has 0 saturated carbocycles. The molecule has 3 N–H and O–H groups in total. The first-order chi connectivity index (χ1) is 13.1. The maximum absolute atomic E-state index is 14.9. The van der Waals surface area contributed by atoms with Gasteiger partial charge in [-0.15, -0.1) is 0 Å². The second-order valence-corrected chi connectivity index (χ2v) is 7.07. The van der Waals surface area contributed by atoms with Crippen LogP contribution >= 0.6 is 0 Å². The van der Waals surface area contributed by atoms with E-state index >= 15 is 0 Å². The largest absolute Gasteiger partial charge is 1.00 e. The summed E-state index contributed by atoms with van der Waals surface area (Å²) in [5, 5.41) is 11.4. The van der Waals surface area contributed by atoms with Gasteiger partial charge in [-0.25, -0.2) is 8.60 Å². The van der Waals surface area contributed by atoms with Crippen LogP contribution in [0.15, 0.2) is 47.5 Å². The Bertz CT molecular complexity index is 984. The Morgan fingerprint density at radius 3 is 2.82 bits per heavy atom. The average molecular weight is 425 g/mol. The molecule has 3 rings (SSSR count). The monoisotopic (exact) mass is 424 g/mol. The van der Waals surface area contributed by atoms with E-state index in [1.54, 1.807) is 6.08 Å². The van der Waals surface area contributed by atoms with Crippen molar-refractivity contribution in [2.75, 3.05) is 11.8 Å². The van der Waals surface area contributed by atoms with Crippen LogP contribution in [0.1, 0.15) is 34.3 Å². The van der Waals surface area contributed by atoms with Gasteiger partial charge in [0.15, 0.2) is 11.6 Å². The Labute approximate surface area is 207 Å². The molecule has 0 aliphatic heterocycles. The SMILES string of the molecule is C[N-]c1[nH]cc(C(=O)c2cccc(NS(=O)C3=CC=CCC3)c2F)c1C=N.[K+]. The third kappa shape index (κ3) is 4.78. The van der Waals surface area contributed by atoms with Crippen LogP contribution in [0.3, 0.4) is 0 Å². The molecular weight excluding hydrogens is 406 g/mol. The summed E-state index contributed by atoms with van der Waals surface area (Å²) in [7, 11) is -0.0554. The second-order valence-electron chi connectivity index (χ2n) is 5.80. The van der Waals surface area contributed by atoms with Crippen LogP contribution in [0.25, 0.3) is 5.32 Å². The second kappa shape index (κ2) is 10.4. The molecule has 0 radical (unpaired) electrons. The predicted molar refractivity (Wildman–Crippen MR) is 106 cm³/mol. The van der Waals surface area contributed by atoms with Gasteiger partial charge in [0.2, 0.25) is 0 Å². The number of benzene rings is 1. The van der Waals surface area contributed by atoms with E-state index < -0.39 is 22.6 Å². The van der Waals surface area contributed by atoms with Crippen molar-refractivity contribution in [3.05, 3.63) is 75.4 Å². The minimum absolute atomic E-state index is 0. The number of hydrogen-bond donors (Lipinski definition) is 3. The molecule has 28 heavy (non-hydrogen) atoms. The Kier molecular flexibility index (Phi) is 8.53. The van der Waals surface area contributed by atoms with Gasteiger partial charge >= 0.3 is 51.4 Å². The first-order valence-corrected chi connectivity index (χ1v) is 9.40. The van der Waals surface area contributed by atoms with E-state index in [1.165, 1.54) is 31.4 Å². The standard InChI is InChI=1S/C19H19FN4O2S.K/c1-22-19-14(10-21)15(11-23-19)18(25)13-8-5-9-16(17(13)20)24-27(26)12-6-3-2-4-7-12;/h2-3,5-6,8-11,24H,4,7H2,1H3,(H3,21,22,23,25);/q;+1/p-1. The number of carbonyl (C=O) groups excluding carboxylic acids is 1. The van der Waals surface area contributed by atoms with Crippen LogP contribution in [0.5, 0.6) is 0 Å². The summed E-state index contributed by atoms with van der Waals surface area (Å²) in [5.74, 6) is -0.984. The van der Waals surface area contributed by atoms with Gasteiger partial charge in [-0.2, -0.15) is 0 Å². The molecule has 2 aromatic rings. The molecule has 1 aliphatic carbocycles. The van der Waals surface area contributed by atoms with Gasteiger partial charge in [-0.1, -0.05) is 37.3 Å². The molecule has 9 heteroatoms. The minimum atomic E-state index is -1.59. The topological polar surface area (TPSA) is 99.9 Å². The minimum Gasteiger partial charge on any atom is -0.469 e. The van der Waals surface area contributed by atoms with Crippen LogP contribution < -0.4 is 56.1 Å². The zero-order valence-corrected chi connectivity index (χ0v) is 19.5. The number of aromatic amines is 1. The van der Waals surface area contributed by atoms with Gasteiger partial charge in [0.25, 0.3) is 0 Å². The number of halogens is 1. The van der Waals surface area contributed by atoms with Crippen molar-refractivity contribution < 1.29 is 64.8 Å². The first kappa shape index (κ1) is 22.9. The van der Waals surface area contributed by atoms with Crippen LogP contribution in [0.4, 0.5) is 15.9 Å². The normalized spacial score (nSPS) is 13.9. The zero-order valence-electron chi connectivity index (χ0n) is 15.6. The molecule has 0 amide bonds. The van der Waals surface area contributed by atoms with Gasteiger partial charge in [-0.3, -0.25) is 9.52 Å². The van der Waals surface area contributed by atoms with Gasteiger partial charge < -0.3 is 15.7 Å². The van der Waals surface area contributed by atoms with Crippen LogP contribution in [-0.2, 0) is 11.0 Å². The van der Waals surface area contributed by atoms with Crippen molar-refractivity contribution in [2.24, 2.45) is 0 Å². The number of rotatable bonds is 7. The quantitative estimate of drug-likeness (QED) is 0.355. The van der Waals surface area contributed by atoms with Gasteiger partial charge in [0.1, 0.15) is 11.0 Å². The third-order valence-electron chi connectivity index (χ3n) is 4.17. The number of carbonyl (C=O) groups is 1. The average Bonchev–Trinajstić information content (AvgIpc) is 3.12. The number of ketones is 1. The number of nitrogens with one attached hydrogen (secondary N) is 3. The molecule has 1 aliphatic rings. The Hall–Kier alpha value is -1.36. The molecule has 1 aromatic carbocycles. The van der Waals surface area contributed by atoms with E-state index in [0.29, 0.717) is 22.7 Å². The zero-order chi connectivity index (χ0) is 19.4. The summed E-state index contributed by atoms with van der Waals surface area (Å²) >= 11 is 0. The molecule has 0 spiro atoms. The van der Waals surface area contributed by atoms with Gasteiger partial charge in [0.05, 0.1) is 11.3 Å². The molecule has 0 bridgehead atoms.